The maximum Gasteiger partial charge on any atom is 0.236 e. The Morgan fingerprint density at radius 1 is 0.650 bits per heavy atom. The number of para-hydroxylation sites is 2. The topological polar surface area (TPSA) is 65.3 Å². The first-order chi connectivity index (χ1) is 9.85. The number of rotatable bonds is 6. The van der Waals surface area contributed by atoms with Crippen molar-refractivity contribution in [3.05, 3.63) is 60.7 Å². The molecule has 6 heteroatoms. The maximum absolute atomic E-state index is 11.0. The van der Waals surface area contributed by atoms with E-state index in [0.717, 1.165) is 10.0 Å². The fourth-order valence-corrected chi connectivity index (χ4v) is 1.51. The first-order valence-electron chi connectivity index (χ1n) is 5.86. The van der Waals surface area contributed by atoms with Gasteiger partial charge in [0.25, 0.3) is 0 Å². The summed E-state index contributed by atoms with van der Waals surface area (Å²) in [6.07, 6.45) is 1.04. The highest BCUT2D eigenvalue weighted by molar-refractivity contribution is 5.75. The molecule has 0 aromatic heterocycles. The fourth-order valence-electron chi connectivity index (χ4n) is 1.51. The lowest BCUT2D eigenvalue weighted by Gasteiger charge is -2.12. The van der Waals surface area contributed by atoms with Crippen molar-refractivity contribution in [3.8, 4) is 0 Å². The third kappa shape index (κ3) is 3.26. The van der Waals surface area contributed by atoms with E-state index in [1.54, 1.807) is 48.5 Å². The van der Waals surface area contributed by atoms with E-state index in [9.17, 15) is 9.59 Å². The second-order valence-electron chi connectivity index (χ2n) is 3.75. The molecule has 0 aliphatic carbocycles. The van der Waals surface area contributed by atoms with Crippen LogP contribution in [-0.2, 0) is 9.59 Å². The molecule has 0 spiro atoms. The van der Waals surface area contributed by atoms with Crippen molar-refractivity contribution in [1.82, 2.24) is 0 Å². The zero-order valence-corrected chi connectivity index (χ0v) is 10.5. The van der Waals surface area contributed by atoms with Gasteiger partial charge in [-0.1, -0.05) is 36.4 Å². The molecular formula is C14H12N4O2. The Bertz CT molecular complexity index is 533. The molecule has 20 heavy (non-hydrogen) atoms. The molecule has 0 unspecified atom stereocenters. The molecule has 2 rings (SSSR count). The summed E-state index contributed by atoms with van der Waals surface area (Å²) in [5.74, 6) is 0. The Kier molecular flexibility index (Phi) is 4.55. The van der Waals surface area contributed by atoms with Gasteiger partial charge in [-0.25, -0.2) is 0 Å². The van der Waals surface area contributed by atoms with Crippen LogP contribution in [0.2, 0.25) is 0 Å². The minimum absolute atomic E-state index is 0.521. The number of carbonyl (C=O) groups excluding carboxylic acids is 2. The number of anilines is 2. The number of hydrogen-bond donors (Lipinski definition) is 0. The van der Waals surface area contributed by atoms with Gasteiger partial charge in [-0.15, -0.1) is 0 Å². The van der Waals surface area contributed by atoms with Gasteiger partial charge in [-0.05, 0) is 34.7 Å². The maximum atomic E-state index is 11.0. The highest BCUT2D eigenvalue weighted by atomic mass is 16.2. The van der Waals surface area contributed by atoms with Gasteiger partial charge in [0.1, 0.15) is 0 Å². The monoisotopic (exact) mass is 268 g/mol. The van der Waals surface area contributed by atoms with Crippen molar-refractivity contribution < 1.29 is 9.59 Å². The summed E-state index contributed by atoms with van der Waals surface area (Å²) >= 11 is 0. The number of nitrogens with zero attached hydrogens (tertiary/aromatic N) is 4. The molecule has 0 aliphatic heterocycles. The summed E-state index contributed by atoms with van der Waals surface area (Å²) in [7, 11) is 0. The zero-order valence-electron chi connectivity index (χ0n) is 10.5. The summed E-state index contributed by atoms with van der Waals surface area (Å²) in [6, 6.07) is 17.6. The van der Waals surface area contributed by atoms with Gasteiger partial charge >= 0.3 is 0 Å². The summed E-state index contributed by atoms with van der Waals surface area (Å²) in [5, 5.41) is 9.57. The molecule has 0 saturated heterocycles. The lowest BCUT2D eigenvalue weighted by molar-refractivity contribution is -0.108. The molecule has 0 bridgehead atoms. The first-order valence-corrected chi connectivity index (χ1v) is 5.86. The molecule has 0 saturated carbocycles. The number of amides is 2. The van der Waals surface area contributed by atoms with Gasteiger partial charge in [-0.2, -0.15) is 10.0 Å². The van der Waals surface area contributed by atoms with E-state index in [1.165, 1.54) is 0 Å². The summed E-state index contributed by atoms with van der Waals surface area (Å²) < 4.78 is 0. The molecule has 0 fully saturated rings. The molecule has 0 atom stereocenters. The SMILES string of the molecule is O=CN(/N=N/N(C=O)c1ccccc1)c1ccccc1. The Labute approximate surface area is 115 Å². The Morgan fingerprint density at radius 2 is 1.00 bits per heavy atom. The Balaban J connectivity index is 2.18. The van der Waals surface area contributed by atoms with Crippen LogP contribution in [0.1, 0.15) is 0 Å². The van der Waals surface area contributed by atoms with Crippen molar-refractivity contribution in [2.75, 3.05) is 10.0 Å². The molecule has 0 N–H and O–H groups in total. The summed E-state index contributed by atoms with van der Waals surface area (Å²) in [4.78, 5) is 22.0. The minimum Gasteiger partial charge on any atom is -0.276 e. The quantitative estimate of drug-likeness (QED) is 0.459. The van der Waals surface area contributed by atoms with Gasteiger partial charge in [0.05, 0.1) is 11.4 Å². The third-order valence-corrected chi connectivity index (χ3v) is 2.47. The summed E-state index contributed by atoms with van der Waals surface area (Å²) in [6.45, 7) is 0. The largest absolute Gasteiger partial charge is 0.276 e. The summed E-state index contributed by atoms with van der Waals surface area (Å²) in [5.41, 5.74) is 1.12. The lowest BCUT2D eigenvalue weighted by atomic mass is 10.3. The molecule has 100 valence electrons. The number of benzene rings is 2. The molecule has 0 heterocycles. The smallest absolute Gasteiger partial charge is 0.236 e. The van der Waals surface area contributed by atoms with E-state index in [4.69, 9.17) is 0 Å². The van der Waals surface area contributed by atoms with E-state index in [-0.39, 0.29) is 0 Å². The van der Waals surface area contributed by atoms with Crippen LogP contribution in [0.3, 0.4) is 0 Å². The van der Waals surface area contributed by atoms with Crippen LogP contribution < -0.4 is 10.0 Å². The highest BCUT2D eigenvalue weighted by Gasteiger charge is 2.05. The zero-order chi connectivity index (χ0) is 14.2. The van der Waals surface area contributed by atoms with Gasteiger partial charge in [0.15, 0.2) is 0 Å². The Hall–Kier alpha value is -3.02. The van der Waals surface area contributed by atoms with E-state index >= 15 is 0 Å². The van der Waals surface area contributed by atoms with Crippen molar-refractivity contribution in [1.29, 1.82) is 0 Å². The average molecular weight is 268 g/mol. The predicted octanol–water partition coefficient (Wildman–Crippen LogP) is 2.59. The van der Waals surface area contributed by atoms with Crippen molar-refractivity contribution in [2.24, 2.45) is 10.4 Å². The number of carbonyl (C=O) groups is 2. The standard InChI is InChI=1S/C14H12N4O2/c19-11-17(13-7-3-1-4-8-13)15-16-18(12-20)14-9-5-2-6-10-14/h1-12H/b16-15+. The van der Waals surface area contributed by atoms with Crippen molar-refractivity contribution >= 4 is 24.2 Å². The molecule has 2 amide bonds. The van der Waals surface area contributed by atoms with Crippen LogP contribution in [0.15, 0.2) is 71.1 Å². The third-order valence-electron chi connectivity index (χ3n) is 2.47. The van der Waals surface area contributed by atoms with E-state index in [1.807, 2.05) is 12.1 Å². The first kappa shape index (κ1) is 13.4. The van der Waals surface area contributed by atoms with Gasteiger partial charge in [0.2, 0.25) is 12.8 Å². The normalized spacial score (nSPS) is 10.2. The lowest BCUT2D eigenvalue weighted by Crippen LogP contribution is -2.17. The number of hydrogen-bond acceptors (Lipinski definition) is 4. The van der Waals surface area contributed by atoms with Crippen LogP contribution >= 0.6 is 0 Å². The fraction of sp³-hybridized carbons (Fsp3) is 0. The second kappa shape index (κ2) is 6.79. The molecule has 2 aromatic carbocycles. The van der Waals surface area contributed by atoms with Crippen LogP contribution in [0.4, 0.5) is 11.4 Å². The molecule has 0 radical (unpaired) electrons. The van der Waals surface area contributed by atoms with E-state index < -0.39 is 0 Å². The van der Waals surface area contributed by atoms with Gasteiger partial charge < -0.3 is 0 Å². The van der Waals surface area contributed by atoms with Crippen molar-refractivity contribution in [3.63, 3.8) is 0 Å². The minimum atomic E-state index is 0.521. The molecule has 6 nitrogen and oxygen atoms in total. The van der Waals surface area contributed by atoms with Crippen molar-refractivity contribution in [2.45, 2.75) is 0 Å². The van der Waals surface area contributed by atoms with Gasteiger partial charge in [-0.3, -0.25) is 9.59 Å². The Morgan fingerprint density at radius 3 is 1.30 bits per heavy atom. The van der Waals surface area contributed by atoms with Crippen LogP contribution in [0.25, 0.3) is 0 Å². The molecular weight excluding hydrogens is 256 g/mol. The molecule has 0 aliphatic rings. The van der Waals surface area contributed by atoms with Crippen LogP contribution in [0, 0.1) is 0 Å². The predicted molar refractivity (Wildman–Crippen MR) is 74.8 cm³/mol. The van der Waals surface area contributed by atoms with Crippen LogP contribution in [-0.4, -0.2) is 12.8 Å². The van der Waals surface area contributed by atoms with Crippen LogP contribution in [0.5, 0.6) is 0 Å². The highest BCUT2D eigenvalue weighted by Crippen LogP contribution is 2.15. The molecule has 2 aromatic rings. The van der Waals surface area contributed by atoms with E-state index in [0.29, 0.717) is 24.2 Å². The van der Waals surface area contributed by atoms with E-state index in [2.05, 4.69) is 10.4 Å². The second-order valence-corrected chi connectivity index (χ2v) is 3.75. The average Bonchev–Trinajstić information content (AvgIpc) is 2.53. The van der Waals surface area contributed by atoms with Gasteiger partial charge in [0, 0.05) is 0 Å².